The maximum Gasteiger partial charge on any atom is 0.175 e. The second-order valence-corrected chi connectivity index (χ2v) is 5.42. The number of aliphatic hydroxyl groups is 1. The van der Waals surface area contributed by atoms with Crippen LogP contribution < -0.4 is 0 Å². The van der Waals surface area contributed by atoms with Crippen molar-refractivity contribution in [2.45, 2.75) is 25.4 Å². The van der Waals surface area contributed by atoms with Crippen LogP contribution in [-0.2, 0) is 4.84 Å². The number of likely N-dealkylation sites (tertiary alicyclic amines) is 1. The fourth-order valence-electron chi connectivity index (χ4n) is 2.30. The van der Waals surface area contributed by atoms with Gasteiger partial charge in [-0.15, -0.1) is 12.4 Å². The van der Waals surface area contributed by atoms with Crippen LogP contribution in [0.15, 0.2) is 35.5 Å². The predicted octanol–water partition coefficient (Wildman–Crippen LogP) is 2.87. The minimum Gasteiger partial charge on any atom is -0.392 e. The van der Waals surface area contributed by atoms with Crippen molar-refractivity contribution in [3.63, 3.8) is 0 Å². The molecule has 1 N–H and O–H groups in total. The lowest BCUT2D eigenvalue weighted by Gasteiger charge is -2.27. The van der Waals surface area contributed by atoms with Gasteiger partial charge in [-0.1, -0.05) is 53.5 Å². The number of hydrogen-bond acceptors (Lipinski definition) is 4. The summed E-state index contributed by atoms with van der Waals surface area (Å²) in [7, 11) is 0. The van der Waals surface area contributed by atoms with E-state index in [4.69, 9.17) is 16.4 Å². The van der Waals surface area contributed by atoms with E-state index in [2.05, 4.69) is 10.1 Å². The molecule has 1 saturated heterocycles. The molecule has 0 radical (unpaired) electrons. The number of oxime groups is 1. The van der Waals surface area contributed by atoms with E-state index in [9.17, 15) is 5.11 Å². The molecule has 0 bridgehead atoms. The van der Waals surface area contributed by atoms with Crippen LogP contribution in [0.4, 0.5) is 0 Å². The van der Waals surface area contributed by atoms with Gasteiger partial charge < -0.3 is 14.8 Å². The Kier molecular flexibility index (Phi) is 8.69. The van der Waals surface area contributed by atoms with Gasteiger partial charge in [0.15, 0.2) is 5.17 Å². The molecule has 21 heavy (non-hydrogen) atoms. The zero-order chi connectivity index (χ0) is 14.2. The number of benzene rings is 1. The molecule has 1 aliphatic heterocycles. The van der Waals surface area contributed by atoms with E-state index in [1.165, 1.54) is 19.3 Å². The van der Waals surface area contributed by atoms with Crippen LogP contribution in [0.25, 0.3) is 0 Å². The van der Waals surface area contributed by atoms with Gasteiger partial charge in [-0.2, -0.15) is 0 Å². The molecule has 0 aliphatic carbocycles. The van der Waals surface area contributed by atoms with Gasteiger partial charge in [0.25, 0.3) is 0 Å². The molecule has 0 amide bonds. The number of aliphatic hydroxyl groups excluding tert-OH is 1. The SMILES string of the molecule is Cl.OC(CON=C(Cl)c1ccccc1)CN1CCCCC1. The average Bonchev–Trinajstić information content (AvgIpc) is 2.49. The predicted molar refractivity (Wildman–Crippen MR) is 88.3 cm³/mol. The second kappa shape index (κ2) is 10.0. The molecule has 1 aliphatic rings. The van der Waals surface area contributed by atoms with Crippen molar-refractivity contribution < 1.29 is 9.94 Å². The summed E-state index contributed by atoms with van der Waals surface area (Å²) in [6, 6.07) is 9.41. The van der Waals surface area contributed by atoms with E-state index in [0.29, 0.717) is 11.7 Å². The number of hydrogen-bond donors (Lipinski definition) is 1. The third-order valence-corrected chi connectivity index (χ3v) is 3.63. The Labute approximate surface area is 137 Å². The molecule has 0 saturated carbocycles. The summed E-state index contributed by atoms with van der Waals surface area (Å²) in [5, 5.41) is 14.0. The topological polar surface area (TPSA) is 45.1 Å². The second-order valence-electron chi connectivity index (χ2n) is 5.06. The molecule has 0 spiro atoms. The third-order valence-electron chi connectivity index (χ3n) is 3.34. The van der Waals surface area contributed by atoms with Gasteiger partial charge >= 0.3 is 0 Å². The fraction of sp³-hybridized carbons (Fsp3) is 0.533. The van der Waals surface area contributed by atoms with Gasteiger partial charge in [0.2, 0.25) is 0 Å². The van der Waals surface area contributed by atoms with E-state index in [0.717, 1.165) is 18.7 Å². The first-order valence-electron chi connectivity index (χ1n) is 7.07. The number of piperidine rings is 1. The molecule has 6 heteroatoms. The molecule has 4 nitrogen and oxygen atoms in total. The number of halogens is 2. The highest BCUT2D eigenvalue weighted by Gasteiger charge is 2.14. The molecule has 1 aromatic rings. The Morgan fingerprint density at radius 2 is 1.90 bits per heavy atom. The van der Waals surface area contributed by atoms with E-state index in [-0.39, 0.29) is 19.0 Å². The van der Waals surface area contributed by atoms with Crippen LogP contribution in [0.1, 0.15) is 24.8 Å². The van der Waals surface area contributed by atoms with Crippen LogP contribution in [0, 0.1) is 0 Å². The fourth-order valence-corrected chi connectivity index (χ4v) is 2.48. The first-order valence-corrected chi connectivity index (χ1v) is 7.45. The summed E-state index contributed by atoms with van der Waals surface area (Å²) in [6.07, 6.45) is 3.19. The largest absolute Gasteiger partial charge is 0.392 e. The van der Waals surface area contributed by atoms with Gasteiger partial charge in [0, 0.05) is 12.1 Å². The molecular weight excluding hydrogens is 311 g/mol. The Balaban J connectivity index is 0.00000220. The molecule has 1 fully saturated rings. The van der Waals surface area contributed by atoms with Crippen molar-refractivity contribution >= 4 is 29.2 Å². The average molecular weight is 333 g/mol. The van der Waals surface area contributed by atoms with Crippen molar-refractivity contribution in [2.24, 2.45) is 5.16 Å². The zero-order valence-electron chi connectivity index (χ0n) is 11.9. The van der Waals surface area contributed by atoms with Gasteiger partial charge in [-0.3, -0.25) is 0 Å². The highest BCUT2D eigenvalue weighted by molar-refractivity contribution is 6.69. The molecule has 2 rings (SSSR count). The summed E-state index contributed by atoms with van der Waals surface area (Å²) >= 11 is 6.01. The van der Waals surface area contributed by atoms with Crippen molar-refractivity contribution in [3.8, 4) is 0 Å². The molecule has 1 unspecified atom stereocenters. The maximum absolute atomic E-state index is 9.91. The van der Waals surface area contributed by atoms with Gasteiger partial charge in [-0.05, 0) is 25.9 Å². The van der Waals surface area contributed by atoms with Crippen LogP contribution in [-0.4, -0.2) is 47.5 Å². The molecular formula is C15H22Cl2N2O2. The summed E-state index contributed by atoms with van der Waals surface area (Å²) < 4.78 is 0. The normalized spacial score (nSPS) is 17.9. The third kappa shape index (κ3) is 6.66. The summed E-state index contributed by atoms with van der Waals surface area (Å²) in [6.45, 7) is 2.92. The van der Waals surface area contributed by atoms with Crippen molar-refractivity contribution in [1.82, 2.24) is 4.90 Å². The summed E-state index contributed by atoms with van der Waals surface area (Å²) in [4.78, 5) is 7.40. The standard InChI is InChI=1S/C15H21ClN2O2.ClH/c16-15(13-7-3-1-4-8-13)17-20-12-14(19)11-18-9-5-2-6-10-18;/h1,3-4,7-8,14,19H,2,5-6,9-12H2;1H. The molecule has 118 valence electrons. The van der Waals surface area contributed by atoms with Crippen LogP contribution >= 0.6 is 24.0 Å². The van der Waals surface area contributed by atoms with Crippen molar-refractivity contribution in [1.29, 1.82) is 0 Å². The Bertz CT molecular complexity index is 423. The number of nitrogens with zero attached hydrogens (tertiary/aromatic N) is 2. The Hall–Kier alpha value is -0.810. The minimum atomic E-state index is -0.530. The monoisotopic (exact) mass is 332 g/mol. The number of β-amino-alcohol motifs (C(OH)–C–C–N with tert-alkyl or cyclic N) is 1. The zero-order valence-corrected chi connectivity index (χ0v) is 13.5. The smallest absolute Gasteiger partial charge is 0.175 e. The van der Waals surface area contributed by atoms with E-state index < -0.39 is 6.10 Å². The Morgan fingerprint density at radius 1 is 1.24 bits per heavy atom. The molecule has 1 atom stereocenters. The quantitative estimate of drug-likeness (QED) is 0.643. The van der Waals surface area contributed by atoms with E-state index in [1.54, 1.807) is 0 Å². The summed E-state index contributed by atoms with van der Waals surface area (Å²) in [5.74, 6) is 0. The van der Waals surface area contributed by atoms with Crippen molar-refractivity contribution in [3.05, 3.63) is 35.9 Å². The molecule has 1 aromatic carbocycles. The first-order chi connectivity index (χ1) is 9.75. The minimum absolute atomic E-state index is 0. The van der Waals surface area contributed by atoms with Gasteiger partial charge in [-0.25, -0.2) is 0 Å². The van der Waals surface area contributed by atoms with E-state index in [1.807, 2.05) is 30.3 Å². The number of rotatable bonds is 6. The lowest BCUT2D eigenvalue weighted by atomic mass is 10.1. The van der Waals surface area contributed by atoms with Crippen LogP contribution in [0.2, 0.25) is 0 Å². The summed E-state index contributed by atoms with van der Waals surface area (Å²) in [5.41, 5.74) is 0.805. The highest BCUT2D eigenvalue weighted by atomic mass is 35.5. The Morgan fingerprint density at radius 3 is 2.57 bits per heavy atom. The van der Waals surface area contributed by atoms with Crippen molar-refractivity contribution in [2.75, 3.05) is 26.2 Å². The van der Waals surface area contributed by atoms with Crippen LogP contribution in [0.3, 0.4) is 0 Å². The lowest BCUT2D eigenvalue weighted by molar-refractivity contribution is 0.0161. The van der Waals surface area contributed by atoms with E-state index >= 15 is 0 Å². The van der Waals surface area contributed by atoms with Gasteiger partial charge in [0.05, 0.1) is 0 Å². The van der Waals surface area contributed by atoms with Gasteiger partial charge in [0.1, 0.15) is 12.7 Å². The maximum atomic E-state index is 9.91. The molecule has 0 aromatic heterocycles. The highest BCUT2D eigenvalue weighted by Crippen LogP contribution is 2.09. The van der Waals surface area contributed by atoms with Crippen LogP contribution in [0.5, 0.6) is 0 Å². The molecule has 1 heterocycles. The first kappa shape index (κ1) is 18.2. The lowest BCUT2D eigenvalue weighted by Crippen LogP contribution is -2.38.